The number of methoxy groups -OCH3 is 2. The van der Waals surface area contributed by atoms with Crippen LogP contribution in [0.15, 0.2) is 28.6 Å². The second-order valence-electron chi connectivity index (χ2n) is 7.12. The van der Waals surface area contributed by atoms with E-state index in [1.807, 2.05) is 6.92 Å². The summed E-state index contributed by atoms with van der Waals surface area (Å²) in [5.74, 6) is 0.456. The molecule has 1 amide bonds. The van der Waals surface area contributed by atoms with Crippen molar-refractivity contribution in [1.82, 2.24) is 14.5 Å². The van der Waals surface area contributed by atoms with Crippen molar-refractivity contribution in [1.29, 1.82) is 0 Å². The zero-order valence-corrected chi connectivity index (χ0v) is 19.8. The molecule has 2 heterocycles. The van der Waals surface area contributed by atoms with Crippen molar-refractivity contribution in [2.24, 2.45) is 0 Å². The molecule has 2 aromatic heterocycles. The van der Waals surface area contributed by atoms with Crippen molar-refractivity contribution in [2.75, 3.05) is 25.7 Å². The summed E-state index contributed by atoms with van der Waals surface area (Å²) in [5, 5.41) is 2.75. The molecule has 0 atom stereocenters. The molecule has 10 nitrogen and oxygen atoms in total. The number of ether oxygens (including phenoxy) is 3. The molecule has 0 fully saturated rings. The SMILES string of the molecule is CCN(C(C)=O)c1nc(COC(=O)CCCn2cnc3cc(OC)c(OC)cc3c2=O)cs1. The molecule has 0 aliphatic rings. The Morgan fingerprint density at radius 1 is 1.18 bits per heavy atom. The second kappa shape index (κ2) is 10.9. The molecule has 0 unspecified atom stereocenters. The van der Waals surface area contributed by atoms with Gasteiger partial charge in [-0.05, 0) is 19.4 Å². The van der Waals surface area contributed by atoms with E-state index in [4.69, 9.17) is 14.2 Å². The third-order valence-corrected chi connectivity index (χ3v) is 5.87. The van der Waals surface area contributed by atoms with Crippen molar-refractivity contribution < 1.29 is 23.8 Å². The van der Waals surface area contributed by atoms with E-state index in [0.29, 0.717) is 52.7 Å². The van der Waals surface area contributed by atoms with E-state index >= 15 is 0 Å². The molecule has 176 valence electrons. The third kappa shape index (κ3) is 5.67. The highest BCUT2D eigenvalue weighted by atomic mass is 32.1. The highest BCUT2D eigenvalue weighted by molar-refractivity contribution is 7.14. The zero-order valence-electron chi connectivity index (χ0n) is 19.0. The number of amides is 1. The Bertz CT molecular complexity index is 1210. The number of nitrogens with zero attached hydrogens (tertiary/aromatic N) is 4. The number of fused-ring (bicyclic) bond motifs is 1. The van der Waals surface area contributed by atoms with E-state index in [9.17, 15) is 14.4 Å². The van der Waals surface area contributed by atoms with Crippen LogP contribution in [-0.4, -0.2) is 47.2 Å². The molecule has 11 heteroatoms. The van der Waals surface area contributed by atoms with Crippen molar-refractivity contribution in [3.05, 3.63) is 39.9 Å². The van der Waals surface area contributed by atoms with Crippen molar-refractivity contribution in [3.63, 3.8) is 0 Å². The number of thiazole rings is 1. The maximum atomic E-state index is 12.8. The summed E-state index contributed by atoms with van der Waals surface area (Å²) in [5.41, 5.74) is 0.861. The van der Waals surface area contributed by atoms with Gasteiger partial charge in [0.2, 0.25) is 5.91 Å². The first-order valence-electron chi connectivity index (χ1n) is 10.4. The minimum absolute atomic E-state index is 0.0316. The van der Waals surface area contributed by atoms with Crippen LogP contribution in [0.4, 0.5) is 5.13 Å². The lowest BCUT2D eigenvalue weighted by atomic mass is 10.2. The number of hydrogen-bond acceptors (Lipinski definition) is 9. The fraction of sp³-hybridized carbons (Fsp3) is 0.409. The molecule has 0 N–H and O–H groups in total. The monoisotopic (exact) mass is 474 g/mol. The van der Waals surface area contributed by atoms with Crippen LogP contribution >= 0.6 is 11.3 Å². The summed E-state index contributed by atoms with van der Waals surface area (Å²) in [6.45, 7) is 4.21. The molecule has 3 aromatic rings. The highest BCUT2D eigenvalue weighted by Crippen LogP contribution is 2.29. The minimum atomic E-state index is -0.392. The average molecular weight is 475 g/mol. The van der Waals surface area contributed by atoms with Gasteiger partial charge in [-0.3, -0.25) is 23.9 Å². The maximum Gasteiger partial charge on any atom is 0.306 e. The number of rotatable bonds is 10. The van der Waals surface area contributed by atoms with Gasteiger partial charge in [-0.25, -0.2) is 9.97 Å². The number of aryl methyl sites for hydroxylation is 1. The molecule has 0 aliphatic carbocycles. The molecule has 3 rings (SSSR count). The summed E-state index contributed by atoms with van der Waals surface area (Å²) in [4.78, 5) is 46.7. The number of carbonyl (C=O) groups excluding carboxylic acids is 2. The molecule has 0 bridgehead atoms. The van der Waals surface area contributed by atoms with Crippen LogP contribution in [-0.2, 0) is 27.5 Å². The normalized spacial score (nSPS) is 10.8. The fourth-order valence-electron chi connectivity index (χ4n) is 3.24. The number of carbonyl (C=O) groups is 2. The van der Waals surface area contributed by atoms with Gasteiger partial charge in [0.15, 0.2) is 16.6 Å². The number of benzene rings is 1. The van der Waals surface area contributed by atoms with E-state index in [-0.39, 0.29) is 24.5 Å². The van der Waals surface area contributed by atoms with Gasteiger partial charge in [0.1, 0.15) is 6.61 Å². The van der Waals surface area contributed by atoms with Crippen LogP contribution in [0, 0.1) is 0 Å². The first kappa shape index (κ1) is 24.2. The summed E-state index contributed by atoms with van der Waals surface area (Å²) in [6, 6.07) is 3.25. The molecule has 0 saturated carbocycles. The van der Waals surface area contributed by atoms with Crippen LogP contribution in [0.1, 0.15) is 32.4 Å². The Morgan fingerprint density at radius 3 is 2.58 bits per heavy atom. The van der Waals surface area contributed by atoms with E-state index in [0.717, 1.165) is 0 Å². The lowest BCUT2D eigenvalue weighted by Crippen LogP contribution is -2.27. The van der Waals surface area contributed by atoms with E-state index < -0.39 is 5.97 Å². The topological polar surface area (TPSA) is 113 Å². The Hall–Kier alpha value is -3.47. The number of anilines is 1. The zero-order chi connectivity index (χ0) is 24.0. The van der Waals surface area contributed by atoms with Crippen LogP contribution in [0.5, 0.6) is 11.5 Å². The Kier molecular flexibility index (Phi) is 7.99. The smallest absolute Gasteiger partial charge is 0.306 e. The molecule has 0 radical (unpaired) electrons. The van der Waals surface area contributed by atoms with E-state index in [1.165, 1.54) is 43.4 Å². The Labute approximate surface area is 194 Å². The van der Waals surface area contributed by atoms with E-state index in [1.54, 1.807) is 22.4 Å². The lowest BCUT2D eigenvalue weighted by Gasteiger charge is -2.14. The van der Waals surface area contributed by atoms with Crippen molar-refractivity contribution in [3.8, 4) is 11.5 Å². The Balaban J connectivity index is 1.55. The minimum Gasteiger partial charge on any atom is -0.493 e. The summed E-state index contributed by atoms with van der Waals surface area (Å²) >= 11 is 1.33. The van der Waals surface area contributed by atoms with Crippen LogP contribution in [0.2, 0.25) is 0 Å². The van der Waals surface area contributed by atoms with Crippen molar-refractivity contribution in [2.45, 2.75) is 39.8 Å². The molecular formula is C22H26N4O6S. The molecule has 0 saturated heterocycles. The summed E-state index contributed by atoms with van der Waals surface area (Å²) in [7, 11) is 3.02. The lowest BCUT2D eigenvalue weighted by molar-refractivity contribution is -0.145. The average Bonchev–Trinajstić information content (AvgIpc) is 3.27. The predicted molar refractivity (Wildman–Crippen MR) is 124 cm³/mol. The second-order valence-corrected chi connectivity index (χ2v) is 7.95. The number of esters is 1. The largest absolute Gasteiger partial charge is 0.493 e. The van der Waals surface area contributed by atoms with Gasteiger partial charge in [0.05, 0.1) is 37.1 Å². The number of hydrogen-bond donors (Lipinski definition) is 0. The van der Waals surface area contributed by atoms with Gasteiger partial charge >= 0.3 is 5.97 Å². The van der Waals surface area contributed by atoms with E-state index in [2.05, 4.69) is 9.97 Å². The molecule has 1 aromatic carbocycles. The van der Waals surface area contributed by atoms with Crippen molar-refractivity contribution >= 4 is 39.2 Å². The first-order chi connectivity index (χ1) is 15.9. The quantitative estimate of drug-likeness (QED) is 0.412. The maximum absolute atomic E-state index is 12.8. The highest BCUT2D eigenvalue weighted by Gasteiger charge is 2.15. The first-order valence-corrected chi connectivity index (χ1v) is 11.2. The Morgan fingerprint density at radius 2 is 1.91 bits per heavy atom. The van der Waals surface area contributed by atoms with Crippen LogP contribution in [0.3, 0.4) is 0 Å². The third-order valence-electron chi connectivity index (χ3n) is 4.96. The molecule has 33 heavy (non-hydrogen) atoms. The number of aromatic nitrogens is 3. The molecule has 0 spiro atoms. The van der Waals surface area contributed by atoms with Gasteiger partial charge in [-0.1, -0.05) is 0 Å². The standard InChI is InChI=1S/C22H26N4O6S/c1-5-26(14(2)27)22-24-15(12-33-22)11-32-20(28)7-6-8-25-13-23-17-10-19(31-4)18(30-3)9-16(17)21(25)29/h9-10,12-13H,5-8,11H2,1-4H3. The van der Waals surface area contributed by atoms with Gasteiger partial charge in [-0.15, -0.1) is 11.3 Å². The summed E-state index contributed by atoms with van der Waals surface area (Å²) < 4.78 is 17.2. The van der Waals surface area contributed by atoms with Gasteiger partial charge in [-0.2, -0.15) is 0 Å². The molecule has 0 aliphatic heterocycles. The van der Waals surface area contributed by atoms with Gasteiger partial charge < -0.3 is 14.2 Å². The fourth-order valence-corrected chi connectivity index (χ4v) is 4.16. The van der Waals surface area contributed by atoms with Gasteiger partial charge in [0, 0.05) is 37.9 Å². The van der Waals surface area contributed by atoms with Gasteiger partial charge in [0.25, 0.3) is 5.56 Å². The predicted octanol–water partition coefficient (Wildman–Crippen LogP) is 2.77. The van der Waals surface area contributed by atoms with Crippen LogP contribution < -0.4 is 19.9 Å². The summed E-state index contributed by atoms with van der Waals surface area (Å²) in [6.07, 6.45) is 2.00. The van der Waals surface area contributed by atoms with Crippen LogP contribution in [0.25, 0.3) is 10.9 Å². The molecular weight excluding hydrogens is 448 g/mol.